The monoisotopic (exact) mass is 111 g/mol. The zero-order valence-corrected chi connectivity index (χ0v) is 6.07. The van der Waals surface area contributed by atoms with Crippen LogP contribution in [-0.4, -0.2) is 0 Å². The summed E-state index contributed by atoms with van der Waals surface area (Å²) in [6, 6.07) is 0. The van der Waals surface area contributed by atoms with Gasteiger partial charge in [-0.25, -0.2) is 0 Å². The predicted molar refractivity (Wildman–Crippen MR) is 38.6 cm³/mol. The van der Waals surface area contributed by atoms with E-state index < -0.39 is 0 Å². The van der Waals surface area contributed by atoms with Crippen LogP contribution in [0.5, 0.6) is 0 Å². The molecule has 0 rings (SSSR count). The Morgan fingerprint density at radius 3 is 2.25 bits per heavy atom. The summed E-state index contributed by atoms with van der Waals surface area (Å²) in [6.07, 6.45) is 3.33. The molecular weight excluding hydrogens is 96.1 g/mol. The molecule has 47 valence electrons. The van der Waals surface area contributed by atoms with Crippen LogP contribution in [0.25, 0.3) is 0 Å². The van der Waals surface area contributed by atoms with Crippen molar-refractivity contribution >= 4 is 0 Å². The van der Waals surface area contributed by atoms with E-state index in [1.165, 1.54) is 5.57 Å². The second-order valence-electron chi connectivity index (χ2n) is 2.68. The average Bonchev–Trinajstić information content (AvgIpc) is 1.61. The highest BCUT2D eigenvalue weighted by Gasteiger charge is 1.92. The van der Waals surface area contributed by atoms with E-state index in [2.05, 4.69) is 26.8 Å². The van der Waals surface area contributed by atoms with E-state index in [1.807, 2.05) is 6.92 Å². The molecule has 0 saturated heterocycles. The zero-order chi connectivity index (χ0) is 6.57. The van der Waals surface area contributed by atoms with Crippen LogP contribution in [0.4, 0.5) is 0 Å². The maximum Gasteiger partial charge on any atom is -0.0141 e. The van der Waals surface area contributed by atoms with E-state index in [0.717, 1.165) is 12.3 Å². The second kappa shape index (κ2) is 3.71. The predicted octanol–water partition coefficient (Wildman–Crippen LogP) is 2.81. The van der Waals surface area contributed by atoms with Gasteiger partial charge in [0.05, 0.1) is 0 Å². The Kier molecular flexibility index (Phi) is 3.59. The molecule has 0 aromatic heterocycles. The fraction of sp³-hybridized carbons (Fsp3) is 0.625. The van der Waals surface area contributed by atoms with Gasteiger partial charge in [0.15, 0.2) is 0 Å². The van der Waals surface area contributed by atoms with Crippen molar-refractivity contribution in [3.8, 4) is 0 Å². The number of hydrogen-bond acceptors (Lipinski definition) is 0. The van der Waals surface area contributed by atoms with Crippen LogP contribution in [0.1, 0.15) is 27.2 Å². The molecule has 0 aliphatic carbocycles. The molecule has 0 amide bonds. The van der Waals surface area contributed by atoms with Gasteiger partial charge >= 0.3 is 0 Å². The lowest BCUT2D eigenvalue weighted by Gasteiger charge is -2.00. The second-order valence-corrected chi connectivity index (χ2v) is 2.68. The van der Waals surface area contributed by atoms with Crippen molar-refractivity contribution in [2.45, 2.75) is 27.2 Å². The van der Waals surface area contributed by atoms with E-state index in [9.17, 15) is 0 Å². The first-order valence-corrected chi connectivity index (χ1v) is 3.11. The SMILES string of the molecule is C=C(C)[CH]CC(C)C. The van der Waals surface area contributed by atoms with Crippen molar-refractivity contribution in [1.29, 1.82) is 0 Å². The molecule has 0 nitrogen and oxygen atoms in total. The Morgan fingerprint density at radius 2 is 2.12 bits per heavy atom. The standard InChI is InChI=1S/C8H15/c1-7(2)5-6-8(3)4/h5,8H,1,6H2,2-4H3. The molecule has 0 N–H and O–H groups in total. The minimum absolute atomic E-state index is 0.770. The normalized spacial score (nSPS) is 10.0. The Bertz CT molecular complexity index is 70.1. The number of hydrogen-bond donors (Lipinski definition) is 0. The summed E-state index contributed by atoms with van der Waals surface area (Å²) in [6.45, 7) is 10.2. The molecule has 8 heavy (non-hydrogen) atoms. The minimum Gasteiger partial charge on any atom is -0.0998 e. The van der Waals surface area contributed by atoms with Crippen LogP contribution in [0.15, 0.2) is 12.2 Å². The molecule has 0 saturated carbocycles. The van der Waals surface area contributed by atoms with Gasteiger partial charge in [-0.3, -0.25) is 0 Å². The van der Waals surface area contributed by atoms with Gasteiger partial charge in [0.1, 0.15) is 0 Å². The van der Waals surface area contributed by atoms with Gasteiger partial charge in [-0.1, -0.05) is 26.0 Å². The summed E-state index contributed by atoms with van der Waals surface area (Å²) in [4.78, 5) is 0. The lowest BCUT2D eigenvalue weighted by molar-refractivity contribution is 0.642. The van der Waals surface area contributed by atoms with Gasteiger partial charge in [0.25, 0.3) is 0 Å². The van der Waals surface area contributed by atoms with Crippen LogP contribution >= 0.6 is 0 Å². The third-order valence-electron chi connectivity index (χ3n) is 0.938. The molecule has 0 spiro atoms. The highest BCUT2D eigenvalue weighted by molar-refractivity contribution is 5.03. The van der Waals surface area contributed by atoms with Gasteiger partial charge in [-0.15, -0.1) is 0 Å². The number of allylic oxidation sites excluding steroid dienone is 1. The molecule has 0 bridgehead atoms. The van der Waals surface area contributed by atoms with Gasteiger partial charge < -0.3 is 0 Å². The first kappa shape index (κ1) is 7.74. The average molecular weight is 111 g/mol. The van der Waals surface area contributed by atoms with E-state index in [0.29, 0.717) is 0 Å². The molecule has 0 aliphatic heterocycles. The van der Waals surface area contributed by atoms with Gasteiger partial charge in [0, 0.05) is 0 Å². The lowest BCUT2D eigenvalue weighted by Crippen LogP contribution is -1.86. The highest BCUT2D eigenvalue weighted by atomic mass is 14.0. The molecule has 0 atom stereocenters. The van der Waals surface area contributed by atoms with Crippen molar-refractivity contribution in [3.05, 3.63) is 18.6 Å². The molecule has 0 heteroatoms. The fourth-order valence-electron chi connectivity index (χ4n) is 0.437. The smallest absolute Gasteiger partial charge is 0.0141 e. The van der Waals surface area contributed by atoms with E-state index in [-0.39, 0.29) is 0 Å². The summed E-state index contributed by atoms with van der Waals surface area (Å²) in [5.74, 6) is 0.770. The highest BCUT2D eigenvalue weighted by Crippen LogP contribution is 2.06. The van der Waals surface area contributed by atoms with Crippen LogP contribution in [-0.2, 0) is 0 Å². The zero-order valence-electron chi connectivity index (χ0n) is 6.07. The van der Waals surface area contributed by atoms with Crippen LogP contribution in [0, 0.1) is 12.3 Å². The Hall–Kier alpha value is -0.260. The minimum atomic E-state index is 0.770. The van der Waals surface area contributed by atoms with Crippen molar-refractivity contribution in [1.82, 2.24) is 0 Å². The van der Waals surface area contributed by atoms with E-state index in [1.54, 1.807) is 0 Å². The fourth-order valence-corrected chi connectivity index (χ4v) is 0.437. The molecule has 0 aromatic carbocycles. The largest absolute Gasteiger partial charge is 0.0998 e. The summed E-state index contributed by atoms with van der Waals surface area (Å²) in [5.41, 5.74) is 1.18. The first-order valence-electron chi connectivity index (χ1n) is 3.11. The third-order valence-corrected chi connectivity index (χ3v) is 0.938. The molecule has 0 unspecified atom stereocenters. The Labute approximate surface area is 52.6 Å². The van der Waals surface area contributed by atoms with Crippen LogP contribution < -0.4 is 0 Å². The van der Waals surface area contributed by atoms with Crippen molar-refractivity contribution in [3.63, 3.8) is 0 Å². The Balaban J connectivity index is 3.05. The Morgan fingerprint density at radius 1 is 1.62 bits per heavy atom. The van der Waals surface area contributed by atoms with Gasteiger partial charge in [-0.2, -0.15) is 0 Å². The molecule has 0 aromatic rings. The lowest BCUT2D eigenvalue weighted by atomic mass is 10.1. The summed E-state index contributed by atoms with van der Waals surface area (Å²) < 4.78 is 0. The van der Waals surface area contributed by atoms with E-state index >= 15 is 0 Å². The first-order chi connectivity index (χ1) is 3.63. The van der Waals surface area contributed by atoms with Crippen molar-refractivity contribution in [2.24, 2.45) is 5.92 Å². The van der Waals surface area contributed by atoms with Gasteiger partial charge in [0.2, 0.25) is 0 Å². The molecule has 0 aliphatic rings. The quantitative estimate of drug-likeness (QED) is 0.525. The molecule has 0 fully saturated rings. The van der Waals surface area contributed by atoms with Crippen molar-refractivity contribution < 1.29 is 0 Å². The summed E-state index contributed by atoms with van der Waals surface area (Å²) >= 11 is 0. The third kappa shape index (κ3) is 5.74. The van der Waals surface area contributed by atoms with Crippen molar-refractivity contribution in [2.75, 3.05) is 0 Å². The van der Waals surface area contributed by atoms with E-state index in [4.69, 9.17) is 0 Å². The molecule has 1 radical (unpaired) electrons. The van der Waals surface area contributed by atoms with Gasteiger partial charge in [-0.05, 0) is 25.7 Å². The van der Waals surface area contributed by atoms with Crippen LogP contribution in [0.2, 0.25) is 0 Å². The summed E-state index contributed by atoms with van der Waals surface area (Å²) in [5, 5.41) is 0. The maximum absolute atomic E-state index is 3.77. The number of rotatable bonds is 3. The maximum atomic E-state index is 3.77. The van der Waals surface area contributed by atoms with Crippen LogP contribution in [0.3, 0.4) is 0 Å². The summed E-state index contributed by atoms with van der Waals surface area (Å²) in [7, 11) is 0. The molecular formula is C8H15. The topological polar surface area (TPSA) is 0 Å². The molecule has 0 heterocycles.